The molecule has 0 radical (unpaired) electrons. The van der Waals surface area contributed by atoms with Crippen LogP contribution in [0.15, 0.2) is 48.5 Å². The van der Waals surface area contributed by atoms with Crippen molar-refractivity contribution in [3.05, 3.63) is 59.7 Å². The molecular formula is C50H86O11. The van der Waals surface area contributed by atoms with E-state index in [0.29, 0.717) is 132 Å². The maximum Gasteiger partial charge on any atom is 0.119 e. The highest BCUT2D eigenvalue weighted by atomic mass is 16.6. The third kappa shape index (κ3) is 36.8. The predicted octanol–water partition coefficient (Wildman–Crippen LogP) is 9.88. The number of unbranched alkanes of at least 4 members (excludes halogenated alkanes) is 12. The van der Waals surface area contributed by atoms with Crippen LogP contribution >= 0.6 is 0 Å². The molecule has 0 saturated carbocycles. The Bertz CT molecular complexity index is 1060. The zero-order chi connectivity index (χ0) is 43.2. The highest BCUT2D eigenvalue weighted by Gasteiger charge is 2.01. The molecular weight excluding hydrogens is 777 g/mol. The quantitative estimate of drug-likeness (QED) is 0.0595. The van der Waals surface area contributed by atoms with E-state index >= 15 is 0 Å². The lowest BCUT2D eigenvalue weighted by Crippen LogP contribution is -2.15. The number of benzene rings is 2. The molecule has 2 rings (SSSR count). The zero-order valence-corrected chi connectivity index (χ0v) is 38.6. The molecule has 2 aromatic carbocycles. The Kier molecular flexibility index (Phi) is 39.8. The summed E-state index contributed by atoms with van der Waals surface area (Å²) in [6, 6.07) is 16.9. The fourth-order valence-corrected chi connectivity index (χ4v) is 6.38. The van der Waals surface area contributed by atoms with Gasteiger partial charge in [-0.25, -0.2) is 0 Å². The molecule has 0 aromatic heterocycles. The maximum atomic E-state index is 5.80. The van der Waals surface area contributed by atoms with Gasteiger partial charge in [0.1, 0.15) is 24.7 Å². The molecule has 0 aliphatic carbocycles. The van der Waals surface area contributed by atoms with E-state index in [1.807, 2.05) is 0 Å². The number of hydrogen-bond donors (Lipinski definition) is 0. The third-order valence-electron chi connectivity index (χ3n) is 9.95. The van der Waals surface area contributed by atoms with Crippen molar-refractivity contribution in [3.8, 4) is 11.5 Å². The second-order valence-electron chi connectivity index (χ2n) is 15.2. The predicted molar refractivity (Wildman–Crippen MR) is 245 cm³/mol. The van der Waals surface area contributed by atoms with E-state index in [9.17, 15) is 0 Å². The van der Waals surface area contributed by atoms with Gasteiger partial charge in [0.05, 0.1) is 119 Å². The Morgan fingerprint density at radius 3 is 0.705 bits per heavy atom. The molecule has 0 unspecified atom stereocenters. The molecule has 0 fully saturated rings. The first-order valence-corrected chi connectivity index (χ1v) is 23.9. The zero-order valence-electron chi connectivity index (χ0n) is 38.6. The van der Waals surface area contributed by atoms with Gasteiger partial charge in [0, 0.05) is 0 Å². The van der Waals surface area contributed by atoms with Crippen LogP contribution in [0.25, 0.3) is 0 Å². The highest BCUT2D eigenvalue weighted by Crippen LogP contribution is 2.17. The molecule has 11 heteroatoms. The van der Waals surface area contributed by atoms with E-state index in [0.717, 1.165) is 24.3 Å². The summed E-state index contributed by atoms with van der Waals surface area (Å²) >= 11 is 0. The summed E-state index contributed by atoms with van der Waals surface area (Å²) in [5.74, 6) is 1.78. The summed E-state index contributed by atoms with van der Waals surface area (Å²) in [7, 11) is 0. The van der Waals surface area contributed by atoms with Gasteiger partial charge in [-0.2, -0.15) is 0 Å². The van der Waals surface area contributed by atoms with Gasteiger partial charge in [-0.1, -0.05) is 115 Å². The van der Waals surface area contributed by atoms with E-state index in [1.165, 1.54) is 101 Å². The van der Waals surface area contributed by atoms with Crippen molar-refractivity contribution in [1.29, 1.82) is 0 Å². The smallest absolute Gasteiger partial charge is 0.119 e. The summed E-state index contributed by atoms with van der Waals surface area (Å²) < 4.78 is 61.7. The van der Waals surface area contributed by atoms with E-state index in [4.69, 9.17) is 52.1 Å². The van der Waals surface area contributed by atoms with Crippen LogP contribution in [0.4, 0.5) is 0 Å². The van der Waals surface area contributed by atoms with Crippen LogP contribution in [0, 0.1) is 0 Å². The van der Waals surface area contributed by atoms with Crippen LogP contribution in [-0.2, 0) is 55.5 Å². The molecule has 352 valence electrons. The number of hydrogen-bond acceptors (Lipinski definition) is 11. The van der Waals surface area contributed by atoms with Crippen molar-refractivity contribution in [2.24, 2.45) is 0 Å². The molecule has 0 N–H and O–H groups in total. The molecule has 0 spiro atoms. The summed E-state index contributed by atoms with van der Waals surface area (Å²) in [4.78, 5) is 0. The second kappa shape index (κ2) is 44.3. The number of ether oxygens (including phenoxy) is 11. The Labute approximate surface area is 371 Å². The molecule has 2 aromatic rings. The lowest BCUT2D eigenvalue weighted by molar-refractivity contribution is -0.0257. The van der Waals surface area contributed by atoms with Gasteiger partial charge < -0.3 is 52.1 Å². The van der Waals surface area contributed by atoms with Crippen LogP contribution in [0.2, 0.25) is 0 Å². The van der Waals surface area contributed by atoms with Crippen LogP contribution in [0.3, 0.4) is 0 Å². The first-order valence-electron chi connectivity index (χ1n) is 23.9. The van der Waals surface area contributed by atoms with Crippen molar-refractivity contribution >= 4 is 0 Å². The lowest BCUT2D eigenvalue weighted by atomic mass is 10.0. The van der Waals surface area contributed by atoms with Crippen molar-refractivity contribution in [2.45, 2.75) is 117 Å². The van der Waals surface area contributed by atoms with E-state index in [2.05, 4.69) is 62.4 Å². The Morgan fingerprint density at radius 2 is 0.459 bits per heavy atom. The lowest BCUT2D eigenvalue weighted by Gasteiger charge is -2.09. The molecule has 0 bridgehead atoms. The summed E-state index contributed by atoms with van der Waals surface area (Å²) in [6.45, 7) is 15.0. The fraction of sp³-hybridized carbons (Fsp3) is 0.760. The van der Waals surface area contributed by atoms with E-state index in [-0.39, 0.29) is 0 Å². The molecule has 0 aliphatic heterocycles. The molecule has 0 aliphatic rings. The van der Waals surface area contributed by atoms with Crippen molar-refractivity contribution < 1.29 is 52.1 Å². The Morgan fingerprint density at radius 1 is 0.246 bits per heavy atom. The van der Waals surface area contributed by atoms with Gasteiger partial charge in [-0.3, -0.25) is 0 Å². The normalized spacial score (nSPS) is 11.4. The van der Waals surface area contributed by atoms with Crippen LogP contribution in [0.1, 0.15) is 115 Å². The number of aryl methyl sites for hydroxylation is 2. The van der Waals surface area contributed by atoms with Gasteiger partial charge in [-0.05, 0) is 61.1 Å². The summed E-state index contributed by atoms with van der Waals surface area (Å²) in [6.07, 6.45) is 21.0. The minimum Gasteiger partial charge on any atom is -0.491 e. The van der Waals surface area contributed by atoms with Crippen molar-refractivity contribution in [1.82, 2.24) is 0 Å². The molecule has 0 amide bonds. The number of rotatable bonds is 48. The molecule has 11 nitrogen and oxygen atoms in total. The van der Waals surface area contributed by atoms with Gasteiger partial charge in [-0.15, -0.1) is 0 Å². The first-order chi connectivity index (χ1) is 30.3. The van der Waals surface area contributed by atoms with Crippen molar-refractivity contribution in [3.63, 3.8) is 0 Å². The Balaban J connectivity index is 1.19. The molecule has 0 atom stereocenters. The molecule has 0 saturated heterocycles. The monoisotopic (exact) mass is 863 g/mol. The van der Waals surface area contributed by atoms with Gasteiger partial charge in [0.25, 0.3) is 0 Å². The van der Waals surface area contributed by atoms with Crippen LogP contribution < -0.4 is 9.47 Å². The topological polar surface area (TPSA) is 102 Å². The van der Waals surface area contributed by atoms with Crippen molar-refractivity contribution in [2.75, 3.05) is 132 Å². The maximum absolute atomic E-state index is 5.80. The van der Waals surface area contributed by atoms with Gasteiger partial charge >= 0.3 is 0 Å². The standard InChI is InChI=1S/C50H86O11/c1-3-5-7-9-11-13-15-17-47-19-23-49(24-20-47)60-45-43-58-41-39-56-37-35-54-33-31-52-29-27-51-28-30-53-32-34-55-36-38-57-40-42-59-44-46-61-50-25-21-48(22-26-50)18-16-14-12-10-8-6-4-2/h19-26H,3-18,27-46H2,1-2H3. The highest BCUT2D eigenvalue weighted by molar-refractivity contribution is 5.28. The minimum absolute atomic E-state index is 0.515. The molecule has 0 heterocycles. The average Bonchev–Trinajstić information content (AvgIpc) is 3.28. The largest absolute Gasteiger partial charge is 0.491 e. The first kappa shape index (κ1) is 54.8. The second-order valence-corrected chi connectivity index (χ2v) is 15.2. The van der Waals surface area contributed by atoms with Gasteiger partial charge in [0.15, 0.2) is 0 Å². The SMILES string of the molecule is CCCCCCCCCc1ccc(OCCOCCOCCOCCOCCOCCOCCOCCOCCOCCOc2ccc(CCCCCCCCC)cc2)cc1. The average molecular weight is 863 g/mol. The Hall–Kier alpha value is -2.32. The van der Waals surface area contributed by atoms with Crippen LogP contribution in [-0.4, -0.2) is 132 Å². The summed E-state index contributed by atoms with van der Waals surface area (Å²) in [5.41, 5.74) is 2.76. The van der Waals surface area contributed by atoms with Gasteiger partial charge in [0.2, 0.25) is 0 Å². The third-order valence-corrected chi connectivity index (χ3v) is 9.95. The molecule has 61 heavy (non-hydrogen) atoms. The van der Waals surface area contributed by atoms with E-state index < -0.39 is 0 Å². The van der Waals surface area contributed by atoms with E-state index in [1.54, 1.807) is 0 Å². The minimum atomic E-state index is 0.515. The van der Waals surface area contributed by atoms with Crippen LogP contribution in [0.5, 0.6) is 11.5 Å². The summed E-state index contributed by atoms with van der Waals surface area (Å²) in [5, 5.41) is 0. The fourth-order valence-electron chi connectivity index (χ4n) is 6.38.